The van der Waals surface area contributed by atoms with Crippen LogP contribution in [-0.2, 0) is 0 Å². The van der Waals surface area contributed by atoms with Gasteiger partial charge in [0.2, 0.25) is 0 Å². The summed E-state index contributed by atoms with van der Waals surface area (Å²) in [5.41, 5.74) is 1.57. The molecule has 0 atom stereocenters. The Balaban J connectivity index is 1.63. The van der Waals surface area contributed by atoms with Crippen LogP contribution >= 0.6 is 0 Å². The van der Waals surface area contributed by atoms with Gasteiger partial charge in [-0.25, -0.2) is 0 Å². The Morgan fingerprint density at radius 1 is 0.920 bits per heavy atom. The zero-order valence-corrected chi connectivity index (χ0v) is 16.5. The minimum Gasteiger partial charge on any atom is -0.193 e. The van der Waals surface area contributed by atoms with E-state index in [4.69, 9.17) is 5.26 Å². The van der Waals surface area contributed by atoms with E-state index in [2.05, 4.69) is 25.6 Å². The van der Waals surface area contributed by atoms with Gasteiger partial charge in [-0.05, 0) is 75.0 Å². The molecule has 0 spiro atoms. The average Bonchev–Trinajstić information content (AvgIpc) is 2.66. The predicted octanol–water partition coefficient (Wildman–Crippen LogP) is 7.60. The van der Waals surface area contributed by atoms with Crippen molar-refractivity contribution in [3.05, 3.63) is 24.3 Å². The highest BCUT2D eigenvalue weighted by molar-refractivity contribution is 5.10. The second kappa shape index (κ2) is 11.6. The van der Waals surface area contributed by atoms with Gasteiger partial charge in [0.25, 0.3) is 0 Å². The minimum atomic E-state index is 0.632. The average molecular weight is 342 g/mol. The van der Waals surface area contributed by atoms with Crippen molar-refractivity contribution in [1.82, 2.24) is 0 Å². The van der Waals surface area contributed by atoms with Crippen molar-refractivity contribution in [2.24, 2.45) is 23.7 Å². The smallest absolute Gasteiger partial charge is 0.0908 e. The van der Waals surface area contributed by atoms with E-state index < -0.39 is 0 Å². The lowest BCUT2D eigenvalue weighted by Gasteiger charge is -2.35. The number of nitrogens with zero attached hydrogens (tertiary/aromatic N) is 1. The van der Waals surface area contributed by atoms with Crippen molar-refractivity contribution in [1.29, 1.82) is 5.26 Å². The van der Waals surface area contributed by atoms with Gasteiger partial charge in [0.05, 0.1) is 6.07 Å². The second-order valence-electron chi connectivity index (χ2n) is 8.60. The lowest BCUT2D eigenvalue weighted by molar-refractivity contribution is 0.252. The molecule has 0 aromatic rings. The van der Waals surface area contributed by atoms with Gasteiger partial charge in [-0.1, -0.05) is 63.7 Å². The van der Waals surface area contributed by atoms with E-state index in [1.807, 2.05) is 0 Å². The van der Waals surface area contributed by atoms with E-state index in [0.717, 1.165) is 17.8 Å². The fourth-order valence-corrected chi connectivity index (χ4v) is 5.05. The number of rotatable bonds is 9. The minimum absolute atomic E-state index is 0.632. The summed E-state index contributed by atoms with van der Waals surface area (Å²) in [6.45, 7) is 6.84. The molecule has 0 heterocycles. The monoisotopic (exact) mass is 341 g/mol. The first-order valence-electron chi connectivity index (χ1n) is 11.0. The molecule has 0 aliphatic heterocycles. The van der Waals surface area contributed by atoms with Crippen LogP contribution in [0.5, 0.6) is 0 Å². The van der Waals surface area contributed by atoms with Gasteiger partial charge in [0.15, 0.2) is 0 Å². The molecule has 1 nitrogen and oxygen atoms in total. The van der Waals surface area contributed by atoms with Gasteiger partial charge in [-0.2, -0.15) is 5.26 Å². The molecule has 0 amide bonds. The van der Waals surface area contributed by atoms with Crippen LogP contribution in [0, 0.1) is 35.0 Å². The van der Waals surface area contributed by atoms with Crippen LogP contribution in [0.4, 0.5) is 0 Å². The standard InChI is InChI=1S/C24H39N/c1-3-4-5-6-7-9-21-11-15-23(16-12-21)20(2)24-17-13-22(14-18-24)10-8-19-25/h8,10,21-24H,2-7,9,11-18H2,1H3/b10-8+/t21-,22-,23-,24-. The molecular formula is C24H39N. The fourth-order valence-electron chi connectivity index (χ4n) is 5.05. The highest BCUT2D eigenvalue weighted by atomic mass is 14.3. The topological polar surface area (TPSA) is 23.8 Å². The highest BCUT2D eigenvalue weighted by Gasteiger charge is 2.28. The van der Waals surface area contributed by atoms with Crippen LogP contribution < -0.4 is 0 Å². The lowest BCUT2D eigenvalue weighted by atomic mass is 9.70. The quantitative estimate of drug-likeness (QED) is 0.241. The Labute approximate surface area is 156 Å². The van der Waals surface area contributed by atoms with E-state index in [1.165, 1.54) is 89.9 Å². The summed E-state index contributed by atoms with van der Waals surface area (Å²) >= 11 is 0. The molecule has 25 heavy (non-hydrogen) atoms. The van der Waals surface area contributed by atoms with Gasteiger partial charge in [0, 0.05) is 6.08 Å². The van der Waals surface area contributed by atoms with E-state index in [-0.39, 0.29) is 0 Å². The Bertz CT molecular complexity index is 439. The van der Waals surface area contributed by atoms with E-state index in [0.29, 0.717) is 5.92 Å². The molecular weight excluding hydrogens is 302 g/mol. The van der Waals surface area contributed by atoms with Crippen molar-refractivity contribution < 1.29 is 0 Å². The molecule has 0 saturated heterocycles. The maximum absolute atomic E-state index is 8.67. The van der Waals surface area contributed by atoms with Gasteiger partial charge in [0.1, 0.15) is 0 Å². The first kappa shape index (κ1) is 20.3. The molecule has 2 saturated carbocycles. The van der Waals surface area contributed by atoms with Crippen LogP contribution in [0.15, 0.2) is 24.3 Å². The normalized spacial score (nSPS) is 30.2. The molecule has 0 radical (unpaired) electrons. The Morgan fingerprint density at radius 3 is 2.12 bits per heavy atom. The molecule has 2 rings (SSSR count). The summed E-state index contributed by atoms with van der Waals surface area (Å²) in [6, 6.07) is 2.13. The molecule has 0 aromatic carbocycles. The number of allylic oxidation sites excluding steroid dienone is 3. The maximum atomic E-state index is 8.67. The molecule has 2 aliphatic carbocycles. The maximum Gasteiger partial charge on any atom is 0.0908 e. The summed E-state index contributed by atoms with van der Waals surface area (Å²) in [5, 5.41) is 8.67. The Kier molecular flexibility index (Phi) is 9.38. The van der Waals surface area contributed by atoms with Crippen LogP contribution in [0.1, 0.15) is 96.8 Å². The van der Waals surface area contributed by atoms with Gasteiger partial charge in [-0.3, -0.25) is 0 Å². The van der Waals surface area contributed by atoms with Crippen molar-refractivity contribution in [3.63, 3.8) is 0 Å². The summed E-state index contributed by atoms with van der Waals surface area (Å²) in [4.78, 5) is 0. The van der Waals surface area contributed by atoms with Crippen LogP contribution in [0.3, 0.4) is 0 Å². The third-order valence-corrected chi connectivity index (χ3v) is 6.83. The zero-order chi connectivity index (χ0) is 17.9. The van der Waals surface area contributed by atoms with Crippen LogP contribution in [0.25, 0.3) is 0 Å². The summed E-state index contributed by atoms with van der Waals surface area (Å²) in [5.74, 6) is 3.18. The Hall–Kier alpha value is -1.03. The number of nitriles is 1. The molecule has 140 valence electrons. The Morgan fingerprint density at radius 2 is 1.52 bits per heavy atom. The van der Waals surface area contributed by atoms with Gasteiger partial charge in [-0.15, -0.1) is 0 Å². The zero-order valence-electron chi connectivity index (χ0n) is 16.5. The molecule has 0 bridgehead atoms. The molecule has 2 aliphatic rings. The number of hydrogen-bond donors (Lipinski definition) is 0. The van der Waals surface area contributed by atoms with E-state index >= 15 is 0 Å². The van der Waals surface area contributed by atoms with Gasteiger partial charge < -0.3 is 0 Å². The predicted molar refractivity (Wildman–Crippen MR) is 108 cm³/mol. The first-order valence-corrected chi connectivity index (χ1v) is 11.0. The van der Waals surface area contributed by atoms with E-state index in [1.54, 1.807) is 11.6 Å². The van der Waals surface area contributed by atoms with Crippen molar-refractivity contribution >= 4 is 0 Å². The number of unbranched alkanes of at least 4 members (excludes halogenated alkanes) is 4. The fraction of sp³-hybridized carbons (Fsp3) is 0.792. The number of hydrogen-bond acceptors (Lipinski definition) is 1. The molecule has 1 heteroatoms. The first-order chi connectivity index (χ1) is 12.2. The summed E-state index contributed by atoms with van der Waals surface area (Å²) < 4.78 is 0. The third kappa shape index (κ3) is 7.01. The van der Waals surface area contributed by atoms with Crippen molar-refractivity contribution in [3.8, 4) is 6.07 Å². The largest absolute Gasteiger partial charge is 0.193 e. The van der Waals surface area contributed by atoms with Crippen LogP contribution in [0.2, 0.25) is 0 Å². The van der Waals surface area contributed by atoms with Crippen molar-refractivity contribution in [2.45, 2.75) is 96.8 Å². The molecule has 2 fully saturated rings. The summed E-state index contributed by atoms with van der Waals surface area (Å²) in [7, 11) is 0. The lowest BCUT2D eigenvalue weighted by Crippen LogP contribution is -2.22. The summed E-state index contributed by atoms with van der Waals surface area (Å²) in [6.07, 6.45) is 23.1. The SMILES string of the molecule is C=C([C@H]1CC[C@H](/C=C/C#N)CC1)[C@H]1CC[C@H](CCCCCCC)CC1. The van der Waals surface area contributed by atoms with Crippen LogP contribution in [-0.4, -0.2) is 0 Å². The third-order valence-electron chi connectivity index (χ3n) is 6.83. The van der Waals surface area contributed by atoms with Crippen molar-refractivity contribution in [2.75, 3.05) is 0 Å². The highest BCUT2D eigenvalue weighted by Crippen LogP contribution is 2.42. The van der Waals surface area contributed by atoms with Gasteiger partial charge >= 0.3 is 0 Å². The second-order valence-corrected chi connectivity index (χ2v) is 8.60. The molecule has 0 N–H and O–H groups in total. The molecule has 0 aromatic heterocycles. The van der Waals surface area contributed by atoms with E-state index in [9.17, 15) is 0 Å². The molecule has 0 unspecified atom stereocenters.